The van der Waals surface area contributed by atoms with Gasteiger partial charge in [0.1, 0.15) is 12.4 Å². The molecule has 1 amide bonds. The zero-order valence-corrected chi connectivity index (χ0v) is 11.4. The van der Waals surface area contributed by atoms with Gasteiger partial charge in [-0.25, -0.2) is 4.39 Å². The van der Waals surface area contributed by atoms with Gasteiger partial charge in [-0.15, -0.1) is 0 Å². The van der Waals surface area contributed by atoms with Crippen LogP contribution in [0.5, 0.6) is 0 Å². The molecular weight excluding hydrogens is 257 g/mol. The number of amides is 1. The number of benzene rings is 1. The highest BCUT2D eigenvalue weighted by Crippen LogP contribution is 2.17. The fourth-order valence-corrected chi connectivity index (χ4v) is 2.38. The molecule has 0 saturated carbocycles. The van der Waals surface area contributed by atoms with Crippen molar-refractivity contribution in [3.63, 3.8) is 0 Å². The first-order chi connectivity index (χ1) is 9.72. The predicted molar refractivity (Wildman–Crippen MR) is 74.7 cm³/mol. The molecule has 1 aliphatic heterocycles. The molecule has 2 rings (SSSR count). The molecule has 0 radical (unpaired) electrons. The Morgan fingerprint density at radius 1 is 1.25 bits per heavy atom. The number of halogens is 1. The van der Waals surface area contributed by atoms with Crippen molar-refractivity contribution in [1.29, 1.82) is 0 Å². The molecule has 3 nitrogen and oxygen atoms in total. The Morgan fingerprint density at radius 3 is 2.60 bits per heavy atom. The molecule has 1 saturated heterocycles. The van der Waals surface area contributed by atoms with Gasteiger partial charge in [-0.3, -0.25) is 4.79 Å². The number of hydrogen-bond acceptors (Lipinski definition) is 2. The monoisotopic (exact) mass is 275 g/mol. The maximum absolute atomic E-state index is 13.4. The highest BCUT2D eigenvalue weighted by atomic mass is 19.1. The smallest absolute Gasteiger partial charge is 0.255 e. The first kappa shape index (κ1) is 14.5. The maximum atomic E-state index is 13.4. The van der Waals surface area contributed by atoms with Gasteiger partial charge in [0, 0.05) is 18.7 Å². The van der Waals surface area contributed by atoms with Gasteiger partial charge in [0.2, 0.25) is 0 Å². The molecule has 1 fully saturated rings. The first-order valence-electron chi connectivity index (χ1n) is 6.91. The van der Waals surface area contributed by atoms with Crippen LogP contribution in [0, 0.1) is 17.7 Å². The summed E-state index contributed by atoms with van der Waals surface area (Å²) in [5.41, 5.74) is 0.752. The zero-order chi connectivity index (χ0) is 14.4. The van der Waals surface area contributed by atoms with Crippen LogP contribution in [0.3, 0.4) is 0 Å². The lowest BCUT2D eigenvalue weighted by molar-refractivity contribution is 0.0761. The van der Waals surface area contributed by atoms with Gasteiger partial charge >= 0.3 is 0 Å². The van der Waals surface area contributed by atoms with E-state index in [1.54, 1.807) is 4.90 Å². The van der Waals surface area contributed by atoms with E-state index in [2.05, 4.69) is 11.8 Å². The second kappa shape index (κ2) is 7.06. The van der Waals surface area contributed by atoms with Crippen molar-refractivity contribution in [2.75, 3.05) is 19.7 Å². The summed E-state index contributed by atoms with van der Waals surface area (Å²) in [6, 6.07) is 4.00. The van der Waals surface area contributed by atoms with Crippen molar-refractivity contribution in [3.05, 3.63) is 35.1 Å². The van der Waals surface area contributed by atoms with E-state index in [-0.39, 0.29) is 18.1 Å². The number of likely N-dealkylation sites (tertiary alicyclic amines) is 1. The summed E-state index contributed by atoms with van der Waals surface area (Å²) in [7, 11) is 0. The lowest BCUT2D eigenvalue weighted by atomic mass is 10.1. The van der Waals surface area contributed by atoms with Crippen molar-refractivity contribution < 1.29 is 14.3 Å². The number of aliphatic hydroxyl groups excluding tert-OH is 1. The van der Waals surface area contributed by atoms with E-state index < -0.39 is 5.82 Å². The van der Waals surface area contributed by atoms with Crippen LogP contribution in [0.25, 0.3) is 0 Å². The van der Waals surface area contributed by atoms with E-state index in [4.69, 9.17) is 5.11 Å². The molecule has 0 atom stereocenters. The average Bonchev–Trinajstić information content (AvgIpc) is 2.74. The van der Waals surface area contributed by atoms with Crippen LogP contribution in [-0.4, -0.2) is 35.6 Å². The molecule has 4 heteroatoms. The first-order valence-corrected chi connectivity index (χ1v) is 6.91. The summed E-state index contributed by atoms with van der Waals surface area (Å²) in [4.78, 5) is 14.3. The van der Waals surface area contributed by atoms with E-state index in [0.717, 1.165) is 25.7 Å². The fourth-order valence-electron chi connectivity index (χ4n) is 2.38. The van der Waals surface area contributed by atoms with Gasteiger partial charge in [0.25, 0.3) is 5.91 Å². The van der Waals surface area contributed by atoms with Crippen LogP contribution >= 0.6 is 0 Å². The minimum Gasteiger partial charge on any atom is -0.384 e. The Hall–Kier alpha value is -1.86. The van der Waals surface area contributed by atoms with Gasteiger partial charge in [0.15, 0.2) is 0 Å². The largest absolute Gasteiger partial charge is 0.384 e. The van der Waals surface area contributed by atoms with Crippen LogP contribution in [0.2, 0.25) is 0 Å². The number of nitrogens with zero attached hydrogens (tertiary/aromatic N) is 1. The topological polar surface area (TPSA) is 40.5 Å². The summed E-state index contributed by atoms with van der Waals surface area (Å²) in [6.45, 7) is 1.14. The second-order valence-corrected chi connectivity index (χ2v) is 4.86. The van der Waals surface area contributed by atoms with Gasteiger partial charge < -0.3 is 10.0 Å². The summed E-state index contributed by atoms with van der Waals surface area (Å²) >= 11 is 0. The third-order valence-electron chi connectivity index (χ3n) is 3.41. The van der Waals surface area contributed by atoms with E-state index in [9.17, 15) is 9.18 Å². The Kier molecular flexibility index (Phi) is 5.14. The van der Waals surface area contributed by atoms with E-state index >= 15 is 0 Å². The Morgan fingerprint density at radius 2 is 1.95 bits per heavy atom. The van der Waals surface area contributed by atoms with Gasteiger partial charge in [0.05, 0.1) is 5.56 Å². The van der Waals surface area contributed by atoms with E-state index in [1.807, 2.05) is 0 Å². The predicted octanol–water partition coefficient (Wildman–Crippen LogP) is 2.19. The summed E-state index contributed by atoms with van der Waals surface area (Å²) in [5.74, 6) is 4.60. The van der Waals surface area contributed by atoms with Gasteiger partial charge in [-0.2, -0.15) is 0 Å². The third kappa shape index (κ3) is 3.58. The summed E-state index contributed by atoms with van der Waals surface area (Å²) in [6.07, 6.45) is 4.23. The lowest BCUT2D eigenvalue weighted by Crippen LogP contribution is -2.32. The molecule has 0 aliphatic carbocycles. The van der Waals surface area contributed by atoms with Crippen molar-refractivity contribution in [1.82, 2.24) is 4.90 Å². The van der Waals surface area contributed by atoms with Crippen molar-refractivity contribution in [3.8, 4) is 11.8 Å². The third-order valence-corrected chi connectivity index (χ3v) is 3.41. The zero-order valence-electron chi connectivity index (χ0n) is 11.4. The van der Waals surface area contributed by atoms with Crippen molar-refractivity contribution in [2.24, 2.45) is 0 Å². The molecular formula is C16H18FNO2. The number of hydrogen-bond donors (Lipinski definition) is 1. The van der Waals surface area contributed by atoms with Crippen molar-refractivity contribution in [2.45, 2.75) is 25.7 Å². The molecule has 1 aromatic carbocycles. The summed E-state index contributed by atoms with van der Waals surface area (Å²) in [5, 5.41) is 8.75. The van der Waals surface area contributed by atoms with E-state index in [0.29, 0.717) is 18.7 Å². The van der Waals surface area contributed by atoms with E-state index in [1.165, 1.54) is 18.2 Å². The molecule has 106 valence electrons. The molecule has 0 bridgehead atoms. The molecule has 1 aliphatic rings. The van der Waals surface area contributed by atoms with Crippen LogP contribution in [0.4, 0.5) is 4.39 Å². The molecule has 1 heterocycles. The highest BCUT2D eigenvalue weighted by Gasteiger charge is 2.20. The van der Waals surface area contributed by atoms with Crippen LogP contribution < -0.4 is 0 Å². The van der Waals surface area contributed by atoms with Gasteiger partial charge in [-0.05, 0) is 31.0 Å². The SMILES string of the molecule is O=C(c1cc(F)ccc1C#CCO)N1CCCCCC1. The normalized spacial score (nSPS) is 15.2. The number of rotatable bonds is 1. The molecule has 0 aromatic heterocycles. The highest BCUT2D eigenvalue weighted by molar-refractivity contribution is 5.96. The van der Waals surface area contributed by atoms with Gasteiger partial charge in [-0.1, -0.05) is 24.7 Å². The van der Waals surface area contributed by atoms with Crippen molar-refractivity contribution >= 4 is 5.91 Å². The second-order valence-electron chi connectivity index (χ2n) is 4.86. The average molecular weight is 275 g/mol. The molecule has 1 aromatic rings. The minimum atomic E-state index is -0.447. The summed E-state index contributed by atoms with van der Waals surface area (Å²) < 4.78 is 13.4. The number of carbonyl (C=O) groups excluding carboxylic acids is 1. The maximum Gasteiger partial charge on any atom is 0.255 e. The molecule has 0 spiro atoms. The number of carbonyl (C=O) groups is 1. The van der Waals surface area contributed by atoms with Crippen LogP contribution in [0.1, 0.15) is 41.6 Å². The van der Waals surface area contributed by atoms with Crippen LogP contribution in [-0.2, 0) is 0 Å². The molecule has 0 unspecified atom stereocenters. The van der Waals surface area contributed by atoms with Crippen LogP contribution in [0.15, 0.2) is 18.2 Å². The Bertz CT molecular complexity index is 537. The Labute approximate surface area is 118 Å². The minimum absolute atomic E-state index is 0.173. The Balaban J connectivity index is 2.29. The molecule has 1 N–H and O–H groups in total. The standard InChI is InChI=1S/C16H18FNO2/c17-14-8-7-13(6-5-11-19)15(12-14)16(20)18-9-3-1-2-4-10-18/h7-8,12,19H,1-4,9-11H2. The fraction of sp³-hybridized carbons (Fsp3) is 0.438. The molecule has 20 heavy (non-hydrogen) atoms. The lowest BCUT2D eigenvalue weighted by Gasteiger charge is -2.21. The number of aliphatic hydroxyl groups is 1. The quantitative estimate of drug-likeness (QED) is 0.798.